The Hall–Kier alpha value is -1.34. The van der Waals surface area contributed by atoms with Gasteiger partial charge in [0, 0.05) is 6.54 Å². The summed E-state index contributed by atoms with van der Waals surface area (Å²) in [6.07, 6.45) is 9.51. The number of benzene rings is 1. The van der Waals surface area contributed by atoms with Gasteiger partial charge in [0.2, 0.25) is 0 Å². The van der Waals surface area contributed by atoms with Gasteiger partial charge in [-0.25, -0.2) is 0 Å². The second-order valence-corrected chi connectivity index (χ2v) is 5.10. The van der Waals surface area contributed by atoms with Crippen LogP contribution in [0.15, 0.2) is 48.6 Å². The first-order chi connectivity index (χ1) is 8.84. The molecule has 18 heavy (non-hydrogen) atoms. The fourth-order valence-corrected chi connectivity index (χ4v) is 2.42. The second kappa shape index (κ2) is 7.17. The van der Waals surface area contributed by atoms with Crippen molar-refractivity contribution in [2.45, 2.75) is 25.7 Å². The molecule has 0 aromatic heterocycles. The molecule has 1 aliphatic rings. The summed E-state index contributed by atoms with van der Waals surface area (Å²) in [4.78, 5) is 2.53. The van der Waals surface area contributed by atoms with Crippen molar-refractivity contribution < 1.29 is 0 Å². The lowest BCUT2D eigenvalue weighted by Crippen LogP contribution is -2.31. The van der Waals surface area contributed by atoms with Crippen LogP contribution in [0.3, 0.4) is 0 Å². The minimum atomic E-state index is 0.991. The quantitative estimate of drug-likeness (QED) is 0.701. The number of piperidine rings is 1. The molecule has 1 fully saturated rings. The molecule has 0 amide bonds. The van der Waals surface area contributed by atoms with E-state index in [0.29, 0.717) is 0 Å². The van der Waals surface area contributed by atoms with Crippen LogP contribution < -0.4 is 0 Å². The van der Waals surface area contributed by atoms with Gasteiger partial charge in [0.05, 0.1) is 0 Å². The van der Waals surface area contributed by atoms with Gasteiger partial charge < -0.3 is 0 Å². The van der Waals surface area contributed by atoms with E-state index < -0.39 is 0 Å². The summed E-state index contributed by atoms with van der Waals surface area (Å²) in [6.45, 7) is 7.76. The van der Waals surface area contributed by atoms with E-state index in [1.807, 2.05) is 6.07 Å². The molecule has 0 radical (unpaired) electrons. The highest BCUT2D eigenvalue weighted by molar-refractivity contribution is 5.49. The number of hydrogen-bond acceptors (Lipinski definition) is 1. The van der Waals surface area contributed by atoms with E-state index in [4.69, 9.17) is 0 Å². The third-order valence-corrected chi connectivity index (χ3v) is 3.41. The predicted molar refractivity (Wildman–Crippen MR) is 79.5 cm³/mol. The number of rotatable bonds is 5. The molecule has 0 unspecified atom stereocenters. The fourth-order valence-electron chi connectivity index (χ4n) is 2.42. The molecule has 0 atom stereocenters. The van der Waals surface area contributed by atoms with Crippen LogP contribution in [0.1, 0.15) is 31.2 Å². The van der Waals surface area contributed by atoms with E-state index in [-0.39, 0.29) is 0 Å². The van der Waals surface area contributed by atoms with Crippen LogP contribution in [0.4, 0.5) is 0 Å². The molecule has 0 saturated carbocycles. The monoisotopic (exact) mass is 241 g/mol. The Morgan fingerprint density at radius 3 is 2.56 bits per heavy atom. The van der Waals surface area contributed by atoms with Crippen LogP contribution in [0.2, 0.25) is 0 Å². The van der Waals surface area contributed by atoms with Gasteiger partial charge in [-0.2, -0.15) is 0 Å². The minimum absolute atomic E-state index is 0.991. The van der Waals surface area contributed by atoms with E-state index in [1.165, 1.54) is 43.5 Å². The molecule has 0 bridgehead atoms. The first kappa shape index (κ1) is 13.1. The molecule has 1 saturated heterocycles. The lowest BCUT2D eigenvalue weighted by Gasteiger charge is -2.26. The van der Waals surface area contributed by atoms with Gasteiger partial charge in [0.25, 0.3) is 0 Å². The molecule has 1 aromatic rings. The lowest BCUT2D eigenvalue weighted by molar-refractivity contribution is 0.246. The van der Waals surface area contributed by atoms with Crippen molar-refractivity contribution >= 4 is 6.08 Å². The van der Waals surface area contributed by atoms with E-state index in [2.05, 4.69) is 47.9 Å². The summed E-state index contributed by atoms with van der Waals surface area (Å²) in [5, 5.41) is 0. The Morgan fingerprint density at radius 1 is 1.11 bits per heavy atom. The molecular weight excluding hydrogens is 218 g/mol. The third-order valence-electron chi connectivity index (χ3n) is 3.41. The number of nitrogens with zero attached hydrogens (tertiary/aromatic N) is 1. The van der Waals surface area contributed by atoms with Gasteiger partial charge in [0.1, 0.15) is 0 Å². The molecule has 0 spiro atoms. The van der Waals surface area contributed by atoms with Crippen molar-refractivity contribution in [2.24, 2.45) is 0 Å². The standard InChI is InChI=1S/C17H23N/c1-16(15-18-13-6-3-7-14-18)9-8-12-17-10-4-2-5-11-17/h2,4-5,8,10-12H,1,3,6-7,9,13-15H2/b12-8+. The fraction of sp³-hybridized carbons (Fsp3) is 0.412. The van der Waals surface area contributed by atoms with Crippen molar-refractivity contribution in [3.05, 3.63) is 54.1 Å². The summed E-state index contributed by atoms with van der Waals surface area (Å²) >= 11 is 0. The highest BCUT2D eigenvalue weighted by Gasteiger charge is 2.09. The van der Waals surface area contributed by atoms with E-state index >= 15 is 0 Å². The van der Waals surface area contributed by atoms with Crippen molar-refractivity contribution in [2.75, 3.05) is 19.6 Å². The number of hydrogen-bond donors (Lipinski definition) is 0. The lowest BCUT2D eigenvalue weighted by atomic mass is 10.1. The van der Waals surface area contributed by atoms with Gasteiger partial charge in [-0.3, -0.25) is 4.90 Å². The molecule has 96 valence electrons. The Kier molecular flexibility index (Phi) is 5.22. The van der Waals surface area contributed by atoms with Crippen LogP contribution in [0.25, 0.3) is 6.08 Å². The number of likely N-dealkylation sites (tertiary alicyclic amines) is 1. The van der Waals surface area contributed by atoms with Gasteiger partial charge in [-0.1, -0.05) is 61.1 Å². The second-order valence-electron chi connectivity index (χ2n) is 5.10. The van der Waals surface area contributed by atoms with Crippen molar-refractivity contribution in [1.82, 2.24) is 4.90 Å². The summed E-state index contributed by atoms with van der Waals surface area (Å²) in [5.74, 6) is 0. The highest BCUT2D eigenvalue weighted by Crippen LogP contribution is 2.12. The zero-order valence-electron chi connectivity index (χ0n) is 11.1. The topological polar surface area (TPSA) is 3.24 Å². The smallest absolute Gasteiger partial charge is 0.0193 e. The Bertz CT molecular complexity index is 385. The Morgan fingerprint density at radius 2 is 1.83 bits per heavy atom. The predicted octanol–water partition coefficient (Wildman–Crippen LogP) is 4.13. The van der Waals surface area contributed by atoms with E-state index in [1.54, 1.807) is 0 Å². The average molecular weight is 241 g/mol. The van der Waals surface area contributed by atoms with Crippen LogP contribution in [0.5, 0.6) is 0 Å². The summed E-state index contributed by atoms with van der Waals surface area (Å²) < 4.78 is 0. The maximum atomic E-state index is 4.19. The van der Waals surface area contributed by atoms with Crippen molar-refractivity contribution in [1.29, 1.82) is 0 Å². The Labute approximate surface area is 111 Å². The normalized spacial score (nSPS) is 17.1. The zero-order chi connectivity index (χ0) is 12.6. The molecular formula is C17H23N. The van der Waals surface area contributed by atoms with Gasteiger partial charge in [-0.15, -0.1) is 0 Å². The van der Waals surface area contributed by atoms with Crippen LogP contribution in [-0.2, 0) is 0 Å². The average Bonchev–Trinajstić information content (AvgIpc) is 2.41. The molecule has 1 heteroatoms. The summed E-state index contributed by atoms with van der Waals surface area (Å²) in [7, 11) is 0. The Balaban J connectivity index is 1.72. The highest BCUT2D eigenvalue weighted by atomic mass is 15.1. The van der Waals surface area contributed by atoms with E-state index in [9.17, 15) is 0 Å². The first-order valence-electron chi connectivity index (χ1n) is 6.95. The summed E-state index contributed by atoms with van der Waals surface area (Å²) in [6, 6.07) is 10.4. The van der Waals surface area contributed by atoms with Crippen LogP contribution in [-0.4, -0.2) is 24.5 Å². The first-order valence-corrected chi connectivity index (χ1v) is 6.95. The maximum absolute atomic E-state index is 4.19. The SMILES string of the molecule is C=C(C/C=C/c1ccccc1)CN1CCCCC1. The zero-order valence-corrected chi connectivity index (χ0v) is 11.1. The third kappa shape index (κ3) is 4.50. The van der Waals surface area contributed by atoms with Gasteiger partial charge in [-0.05, 0) is 37.9 Å². The molecule has 1 aromatic carbocycles. The van der Waals surface area contributed by atoms with Gasteiger partial charge in [0.15, 0.2) is 0 Å². The van der Waals surface area contributed by atoms with E-state index in [0.717, 1.165) is 13.0 Å². The minimum Gasteiger partial charge on any atom is -0.299 e. The molecule has 0 N–H and O–H groups in total. The molecule has 1 heterocycles. The maximum Gasteiger partial charge on any atom is 0.0193 e. The van der Waals surface area contributed by atoms with Crippen molar-refractivity contribution in [3.8, 4) is 0 Å². The number of allylic oxidation sites excluding steroid dienone is 1. The van der Waals surface area contributed by atoms with Crippen molar-refractivity contribution in [3.63, 3.8) is 0 Å². The summed E-state index contributed by atoms with van der Waals surface area (Å²) in [5.41, 5.74) is 2.59. The largest absolute Gasteiger partial charge is 0.299 e. The molecule has 1 nitrogen and oxygen atoms in total. The molecule has 2 rings (SSSR count). The van der Waals surface area contributed by atoms with Gasteiger partial charge >= 0.3 is 0 Å². The molecule has 1 aliphatic heterocycles. The van der Waals surface area contributed by atoms with Crippen LogP contribution in [0, 0.1) is 0 Å². The van der Waals surface area contributed by atoms with Crippen LogP contribution >= 0.6 is 0 Å². The molecule has 0 aliphatic carbocycles.